The number of hydrogen-bond acceptors (Lipinski definition) is 5. The van der Waals surface area contributed by atoms with Crippen LogP contribution >= 0.6 is 0 Å². The Labute approximate surface area is 152 Å². The van der Waals surface area contributed by atoms with Crippen molar-refractivity contribution in [3.63, 3.8) is 0 Å². The molecule has 8 heteroatoms. The highest BCUT2D eigenvalue weighted by molar-refractivity contribution is 5.95. The highest BCUT2D eigenvalue weighted by Crippen LogP contribution is 2.21. The molecule has 3 amide bonds. The van der Waals surface area contributed by atoms with Crippen LogP contribution in [0.25, 0.3) is 0 Å². The molecule has 1 aromatic rings. The van der Waals surface area contributed by atoms with Crippen LogP contribution in [-0.4, -0.2) is 72.6 Å². The van der Waals surface area contributed by atoms with Gasteiger partial charge in [0, 0.05) is 37.4 Å². The van der Waals surface area contributed by atoms with Crippen LogP contribution in [0, 0.1) is 0 Å². The van der Waals surface area contributed by atoms with Gasteiger partial charge in [0.15, 0.2) is 0 Å². The molecule has 2 aliphatic rings. The lowest BCUT2D eigenvalue weighted by atomic mass is 10.0. The molecule has 0 atom stereocenters. The topological polar surface area (TPSA) is 96.2 Å². The quantitative estimate of drug-likeness (QED) is 0.851. The van der Waals surface area contributed by atoms with Gasteiger partial charge in [-0.05, 0) is 38.1 Å². The average Bonchev–Trinajstić information content (AvgIpc) is 3.07. The first-order valence-electron chi connectivity index (χ1n) is 8.69. The molecule has 0 aromatic heterocycles. The van der Waals surface area contributed by atoms with Gasteiger partial charge in [-0.3, -0.25) is 19.4 Å². The third-order valence-electron chi connectivity index (χ3n) is 5.15. The van der Waals surface area contributed by atoms with Gasteiger partial charge < -0.3 is 15.4 Å². The van der Waals surface area contributed by atoms with Crippen LogP contribution in [0.2, 0.25) is 0 Å². The number of amides is 3. The van der Waals surface area contributed by atoms with Crippen molar-refractivity contribution in [1.29, 1.82) is 0 Å². The average molecular weight is 360 g/mol. The van der Waals surface area contributed by atoms with Crippen molar-refractivity contribution in [3.8, 4) is 0 Å². The van der Waals surface area contributed by atoms with E-state index in [1.54, 1.807) is 47.9 Å². The lowest BCUT2D eigenvalue weighted by molar-refractivity contribution is -0.129. The molecule has 2 saturated heterocycles. The minimum absolute atomic E-state index is 0.0583. The number of anilines is 1. The Morgan fingerprint density at radius 1 is 1.04 bits per heavy atom. The zero-order valence-corrected chi connectivity index (χ0v) is 15.1. The van der Waals surface area contributed by atoms with E-state index < -0.39 is 5.54 Å². The Kier molecular flexibility index (Phi) is 4.86. The van der Waals surface area contributed by atoms with Gasteiger partial charge in [-0.15, -0.1) is 0 Å². The number of cyclic esters (lactones) is 1. The first-order chi connectivity index (χ1) is 12.3. The van der Waals surface area contributed by atoms with Gasteiger partial charge >= 0.3 is 6.09 Å². The minimum Gasteiger partial charge on any atom is -0.447 e. The van der Waals surface area contributed by atoms with Crippen LogP contribution < -0.4 is 10.6 Å². The van der Waals surface area contributed by atoms with Gasteiger partial charge in [0.05, 0.1) is 12.1 Å². The van der Waals surface area contributed by atoms with Gasteiger partial charge in [-0.2, -0.15) is 0 Å². The standard InChI is InChI=1S/C18H24N4O4/c1-18(2,16(19)24)21-9-7-20(8-10-21)15(23)13-3-5-14(6-4-13)22-11-12-26-17(22)25/h3-6H,7-12H2,1-2H3,(H2,19,24). The number of carbonyl (C=O) groups is 3. The van der Waals surface area contributed by atoms with Gasteiger partial charge in [-0.25, -0.2) is 4.79 Å². The summed E-state index contributed by atoms with van der Waals surface area (Å²) in [5.41, 5.74) is 6.04. The fraction of sp³-hybridized carbons (Fsp3) is 0.500. The fourth-order valence-electron chi connectivity index (χ4n) is 3.22. The van der Waals surface area contributed by atoms with Crippen molar-refractivity contribution in [1.82, 2.24) is 9.80 Å². The van der Waals surface area contributed by atoms with E-state index in [1.165, 1.54) is 0 Å². The largest absolute Gasteiger partial charge is 0.447 e. The second-order valence-corrected chi connectivity index (χ2v) is 7.02. The fourth-order valence-corrected chi connectivity index (χ4v) is 3.22. The van der Waals surface area contributed by atoms with E-state index in [2.05, 4.69) is 0 Å². The van der Waals surface area contributed by atoms with Crippen molar-refractivity contribution in [2.75, 3.05) is 44.2 Å². The predicted octanol–water partition coefficient (Wildman–Crippen LogP) is 0.665. The molecule has 140 valence electrons. The predicted molar refractivity (Wildman–Crippen MR) is 95.9 cm³/mol. The molecule has 26 heavy (non-hydrogen) atoms. The molecule has 8 nitrogen and oxygen atoms in total. The molecule has 0 aliphatic carbocycles. The second-order valence-electron chi connectivity index (χ2n) is 7.02. The highest BCUT2D eigenvalue weighted by Gasteiger charge is 2.35. The summed E-state index contributed by atoms with van der Waals surface area (Å²) < 4.78 is 4.92. The summed E-state index contributed by atoms with van der Waals surface area (Å²) in [6.45, 7) is 6.77. The first-order valence-corrected chi connectivity index (χ1v) is 8.69. The summed E-state index contributed by atoms with van der Waals surface area (Å²) in [6, 6.07) is 6.96. The smallest absolute Gasteiger partial charge is 0.414 e. The zero-order chi connectivity index (χ0) is 18.9. The summed E-state index contributed by atoms with van der Waals surface area (Å²) in [7, 11) is 0. The molecule has 2 heterocycles. The van der Waals surface area contributed by atoms with E-state index in [0.29, 0.717) is 44.9 Å². The number of carbonyl (C=O) groups excluding carboxylic acids is 3. The van der Waals surface area contributed by atoms with Crippen molar-refractivity contribution >= 4 is 23.6 Å². The van der Waals surface area contributed by atoms with Gasteiger partial charge in [-0.1, -0.05) is 0 Å². The maximum Gasteiger partial charge on any atom is 0.414 e. The Morgan fingerprint density at radius 3 is 2.15 bits per heavy atom. The SMILES string of the molecule is CC(C)(C(N)=O)N1CCN(C(=O)c2ccc(N3CCOC3=O)cc2)CC1. The van der Waals surface area contributed by atoms with Crippen molar-refractivity contribution in [2.45, 2.75) is 19.4 Å². The third-order valence-corrected chi connectivity index (χ3v) is 5.15. The molecule has 0 spiro atoms. The number of piperazine rings is 1. The third kappa shape index (κ3) is 3.37. The van der Waals surface area contributed by atoms with E-state index in [4.69, 9.17) is 10.5 Å². The van der Waals surface area contributed by atoms with E-state index in [-0.39, 0.29) is 17.9 Å². The summed E-state index contributed by atoms with van der Waals surface area (Å²) in [5, 5.41) is 0. The normalized spacial score (nSPS) is 18.8. The summed E-state index contributed by atoms with van der Waals surface area (Å²) in [6.07, 6.45) is -0.364. The number of nitrogens with zero attached hydrogens (tertiary/aromatic N) is 3. The molecule has 2 aliphatic heterocycles. The van der Waals surface area contributed by atoms with Crippen LogP contribution in [0.1, 0.15) is 24.2 Å². The van der Waals surface area contributed by atoms with E-state index >= 15 is 0 Å². The maximum atomic E-state index is 12.7. The molecule has 2 fully saturated rings. The molecule has 0 bridgehead atoms. The molecule has 3 rings (SSSR count). The highest BCUT2D eigenvalue weighted by atomic mass is 16.6. The van der Waals surface area contributed by atoms with Crippen LogP contribution in [0.3, 0.4) is 0 Å². The van der Waals surface area contributed by atoms with Gasteiger partial charge in [0.25, 0.3) is 5.91 Å². The van der Waals surface area contributed by atoms with Gasteiger partial charge in [0.1, 0.15) is 6.61 Å². The Balaban J connectivity index is 1.62. The minimum atomic E-state index is -0.721. The molecule has 0 unspecified atom stereocenters. The first kappa shape index (κ1) is 18.2. The van der Waals surface area contributed by atoms with Crippen molar-refractivity contribution in [2.24, 2.45) is 5.73 Å². The molecular formula is C18H24N4O4. The number of benzene rings is 1. The molecule has 0 saturated carbocycles. The maximum absolute atomic E-state index is 12.7. The second kappa shape index (κ2) is 6.95. The number of hydrogen-bond donors (Lipinski definition) is 1. The van der Waals surface area contributed by atoms with Crippen LogP contribution in [0.5, 0.6) is 0 Å². The van der Waals surface area contributed by atoms with Crippen LogP contribution in [-0.2, 0) is 9.53 Å². The van der Waals surface area contributed by atoms with E-state index in [9.17, 15) is 14.4 Å². The summed E-state index contributed by atoms with van der Waals surface area (Å²) >= 11 is 0. The Hall–Kier alpha value is -2.61. The number of nitrogens with two attached hydrogens (primary N) is 1. The summed E-state index contributed by atoms with van der Waals surface area (Å²) in [5.74, 6) is -0.426. The molecular weight excluding hydrogens is 336 g/mol. The zero-order valence-electron chi connectivity index (χ0n) is 15.1. The van der Waals surface area contributed by atoms with Crippen LogP contribution in [0.4, 0.5) is 10.5 Å². The monoisotopic (exact) mass is 360 g/mol. The number of rotatable bonds is 4. The lowest BCUT2D eigenvalue weighted by Crippen LogP contribution is -2.60. The van der Waals surface area contributed by atoms with Crippen molar-refractivity contribution < 1.29 is 19.1 Å². The molecule has 1 aromatic carbocycles. The van der Waals surface area contributed by atoms with E-state index in [1.807, 2.05) is 4.90 Å². The van der Waals surface area contributed by atoms with E-state index in [0.717, 1.165) is 5.69 Å². The summed E-state index contributed by atoms with van der Waals surface area (Å²) in [4.78, 5) is 41.2. The Bertz CT molecular complexity index is 708. The lowest BCUT2D eigenvalue weighted by Gasteiger charge is -2.42. The molecule has 2 N–H and O–H groups in total. The van der Waals surface area contributed by atoms with Crippen molar-refractivity contribution in [3.05, 3.63) is 29.8 Å². The van der Waals surface area contributed by atoms with Crippen LogP contribution in [0.15, 0.2) is 24.3 Å². The number of primary amides is 1. The number of ether oxygens (including phenoxy) is 1. The molecule has 0 radical (unpaired) electrons. The Morgan fingerprint density at radius 2 is 1.65 bits per heavy atom. The van der Waals surface area contributed by atoms with Gasteiger partial charge in [0.2, 0.25) is 5.91 Å².